The Kier molecular flexibility index (Phi) is 8.04. The Morgan fingerprint density at radius 3 is 2.48 bits per heavy atom. The minimum atomic E-state index is -0.588. The van der Waals surface area contributed by atoms with Crippen molar-refractivity contribution in [2.24, 2.45) is 5.92 Å². The lowest BCUT2D eigenvalue weighted by molar-refractivity contribution is -0.143. The number of amides is 1. The summed E-state index contributed by atoms with van der Waals surface area (Å²) in [6, 6.07) is 12.1. The molecule has 1 aromatic heterocycles. The van der Waals surface area contributed by atoms with Crippen LogP contribution >= 0.6 is 0 Å². The van der Waals surface area contributed by atoms with Gasteiger partial charge in [0.2, 0.25) is 11.7 Å². The summed E-state index contributed by atoms with van der Waals surface area (Å²) in [5, 5.41) is 2.64. The van der Waals surface area contributed by atoms with E-state index in [4.69, 9.17) is 4.74 Å². The molecule has 0 unspecified atom stereocenters. The second-order valence-electron chi connectivity index (χ2n) is 8.31. The monoisotopic (exact) mass is 424 g/mol. The van der Waals surface area contributed by atoms with Gasteiger partial charge in [0.05, 0.1) is 0 Å². The summed E-state index contributed by atoms with van der Waals surface area (Å²) in [7, 11) is 0. The smallest absolute Gasteiger partial charge is 0.325 e. The fourth-order valence-corrected chi connectivity index (χ4v) is 4.26. The van der Waals surface area contributed by atoms with Crippen LogP contribution in [0.5, 0.6) is 0 Å². The Hall–Kier alpha value is -2.89. The van der Waals surface area contributed by atoms with E-state index >= 15 is 0 Å². The van der Waals surface area contributed by atoms with Crippen molar-refractivity contribution >= 4 is 17.7 Å². The molecule has 0 atom stereocenters. The second-order valence-corrected chi connectivity index (χ2v) is 8.31. The summed E-state index contributed by atoms with van der Waals surface area (Å²) < 4.78 is 7.23. The Bertz CT molecular complexity index is 911. The Morgan fingerprint density at radius 1 is 1.06 bits per heavy atom. The average Bonchev–Trinajstić information content (AvgIpc) is 3.09. The SMILES string of the molecule is Cc1cc(C(=O)COC(=O)CNC(=O)C2CCCCC2)c(C)n1CCc1ccccc1. The first kappa shape index (κ1) is 22.8. The highest BCUT2D eigenvalue weighted by molar-refractivity contribution is 5.99. The molecule has 1 saturated carbocycles. The number of ketones is 1. The van der Waals surface area contributed by atoms with Gasteiger partial charge in [0.15, 0.2) is 6.61 Å². The number of carbonyl (C=O) groups is 3. The molecule has 1 heterocycles. The highest BCUT2D eigenvalue weighted by Crippen LogP contribution is 2.23. The molecule has 3 rings (SSSR count). The highest BCUT2D eigenvalue weighted by atomic mass is 16.5. The van der Waals surface area contributed by atoms with E-state index in [0.717, 1.165) is 50.0 Å². The van der Waals surface area contributed by atoms with E-state index in [1.54, 1.807) is 0 Å². The van der Waals surface area contributed by atoms with Crippen LogP contribution in [-0.4, -0.2) is 35.4 Å². The lowest BCUT2D eigenvalue weighted by atomic mass is 9.89. The number of carbonyl (C=O) groups excluding carboxylic acids is 3. The topological polar surface area (TPSA) is 77.4 Å². The molecule has 6 nitrogen and oxygen atoms in total. The number of hydrogen-bond acceptors (Lipinski definition) is 4. The zero-order chi connectivity index (χ0) is 22.2. The van der Waals surface area contributed by atoms with Crippen LogP contribution in [0, 0.1) is 19.8 Å². The van der Waals surface area contributed by atoms with E-state index in [1.165, 1.54) is 12.0 Å². The van der Waals surface area contributed by atoms with E-state index in [9.17, 15) is 14.4 Å². The van der Waals surface area contributed by atoms with E-state index in [0.29, 0.717) is 5.56 Å². The van der Waals surface area contributed by atoms with Gasteiger partial charge in [-0.2, -0.15) is 0 Å². The van der Waals surface area contributed by atoms with Gasteiger partial charge in [0.1, 0.15) is 6.54 Å². The second kappa shape index (κ2) is 10.9. The minimum absolute atomic E-state index is 0.00976. The number of aryl methyl sites for hydroxylation is 2. The number of hydrogen-bond donors (Lipinski definition) is 1. The first-order valence-electron chi connectivity index (χ1n) is 11.1. The third-order valence-electron chi connectivity index (χ3n) is 6.09. The van der Waals surface area contributed by atoms with Crippen molar-refractivity contribution in [1.29, 1.82) is 0 Å². The predicted molar refractivity (Wildman–Crippen MR) is 119 cm³/mol. The van der Waals surface area contributed by atoms with Gasteiger partial charge in [-0.15, -0.1) is 0 Å². The molecule has 6 heteroatoms. The molecule has 0 radical (unpaired) electrons. The summed E-state index contributed by atoms with van der Waals surface area (Å²) in [6.45, 7) is 4.15. The summed E-state index contributed by atoms with van der Waals surface area (Å²) in [5.41, 5.74) is 3.69. The van der Waals surface area contributed by atoms with E-state index in [2.05, 4.69) is 22.0 Å². The van der Waals surface area contributed by atoms with Crippen LogP contribution in [0.4, 0.5) is 0 Å². The molecular formula is C25H32N2O4. The van der Waals surface area contributed by atoms with E-state index < -0.39 is 5.97 Å². The molecule has 0 aliphatic heterocycles. The van der Waals surface area contributed by atoms with Gasteiger partial charge < -0.3 is 14.6 Å². The molecule has 1 fully saturated rings. The molecule has 1 amide bonds. The molecule has 1 N–H and O–H groups in total. The number of esters is 1. The molecule has 1 aromatic carbocycles. The van der Waals surface area contributed by atoms with Gasteiger partial charge in [-0.1, -0.05) is 49.6 Å². The number of Topliss-reactive ketones (excluding diaryl/α,β-unsaturated/α-hetero) is 1. The molecule has 0 spiro atoms. The van der Waals surface area contributed by atoms with Crippen LogP contribution in [-0.2, 0) is 27.3 Å². The number of nitrogens with zero attached hydrogens (tertiary/aromatic N) is 1. The Balaban J connectivity index is 1.47. The summed E-state index contributed by atoms with van der Waals surface area (Å²) in [5.74, 6) is -0.921. The molecule has 166 valence electrons. The molecular weight excluding hydrogens is 392 g/mol. The number of aromatic nitrogens is 1. The zero-order valence-electron chi connectivity index (χ0n) is 18.5. The van der Waals surface area contributed by atoms with Gasteiger partial charge >= 0.3 is 5.97 Å². The van der Waals surface area contributed by atoms with Crippen LogP contribution in [0.15, 0.2) is 36.4 Å². The van der Waals surface area contributed by atoms with Crippen molar-refractivity contribution in [3.63, 3.8) is 0 Å². The quantitative estimate of drug-likeness (QED) is 0.491. The zero-order valence-corrected chi connectivity index (χ0v) is 18.5. The van der Waals surface area contributed by atoms with Crippen molar-refractivity contribution in [2.75, 3.05) is 13.2 Å². The molecule has 1 aliphatic carbocycles. The third kappa shape index (κ3) is 6.29. The third-order valence-corrected chi connectivity index (χ3v) is 6.09. The molecule has 0 saturated heterocycles. The van der Waals surface area contributed by atoms with Gasteiger partial charge in [-0.3, -0.25) is 14.4 Å². The maximum atomic E-state index is 12.6. The van der Waals surface area contributed by atoms with Gasteiger partial charge in [-0.25, -0.2) is 0 Å². The fourth-order valence-electron chi connectivity index (χ4n) is 4.26. The van der Waals surface area contributed by atoms with Crippen LogP contribution in [0.2, 0.25) is 0 Å². The van der Waals surface area contributed by atoms with Crippen LogP contribution in [0.1, 0.15) is 59.4 Å². The lowest BCUT2D eigenvalue weighted by Crippen LogP contribution is -2.36. The van der Waals surface area contributed by atoms with E-state index in [1.807, 2.05) is 38.1 Å². The predicted octanol–water partition coefficient (Wildman–Crippen LogP) is 3.77. The maximum Gasteiger partial charge on any atom is 0.325 e. The van der Waals surface area contributed by atoms with Crippen molar-refractivity contribution < 1.29 is 19.1 Å². The fraction of sp³-hybridized carbons (Fsp3) is 0.480. The summed E-state index contributed by atoms with van der Waals surface area (Å²) in [4.78, 5) is 36.7. The Morgan fingerprint density at radius 2 is 1.77 bits per heavy atom. The normalized spacial score (nSPS) is 14.3. The van der Waals surface area contributed by atoms with Crippen molar-refractivity contribution in [3.8, 4) is 0 Å². The van der Waals surface area contributed by atoms with Gasteiger partial charge in [0, 0.05) is 29.4 Å². The number of nitrogens with one attached hydrogen (secondary N) is 1. The summed E-state index contributed by atoms with van der Waals surface area (Å²) >= 11 is 0. The van der Waals surface area contributed by atoms with Gasteiger partial charge in [0.25, 0.3) is 0 Å². The highest BCUT2D eigenvalue weighted by Gasteiger charge is 2.22. The van der Waals surface area contributed by atoms with Crippen LogP contribution in [0.3, 0.4) is 0 Å². The lowest BCUT2D eigenvalue weighted by Gasteiger charge is -2.20. The first-order valence-corrected chi connectivity index (χ1v) is 11.1. The van der Waals surface area contributed by atoms with Crippen LogP contribution < -0.4 is 5.32 Å². The van der Waals surface area contributed by atoms with Gasteiger partial charge in [-0.05, 0) is 44.7 Å². The molecule has 0 bridgehead atoms. The van der Waals surface area contributed by atoms with E-state index in [-0.39, 0.29) is 30.8 Å². The Labute approximate surface area is 184 Å². The standard InChI is InChI=1S/C25H32N2O4/c1-18-15-22(19(2)27(18)14-13-20-9-5-3-6-10-20)23(28)17-31-24(29)16-26-25(30)21-11-7-4-8-12-21/h3,5-6,9-10,15,21H,4,7-8,11-14,16-17H2,1-2H3,(H,26,30). The first-order chi connectivity index (χ1) is 15.0. The average molecular weight is 425 g/mol. The number of rotatable bonds is 9. The molecule has 31 heavy (non-hydrogen) atoms. The van der Waals surface area contributed by atoms with Crippen molar-refractivity contribution in [2.45, 2.75) is 58.9 Å². The maximum absolute atomic E-state index is 12.6. The number of ether oxygens (including phenoxy) is 1. The van der Waals surface area contributed by atoms with Crippen LogP contribution in [0.25, 0.3) is 0 Å². The summed E-state index contributed by atoms with van der Waals surface area (Å²) in [6.07, 6.45) is 5.90. The van der Waals surface area contributed by atoms with Crippen molar-refractivity contribution in [1.82, 2.24) is 9.88 Å². The number of benzene rings is 1. The minimum Gasteiger partial charge on any atom is -0.456 e. The molecule has 2 aromatic rings. The van der Waals surface area contributed by atoms with Crippen molar-refractivity contribution in [3.05, 3.63) is 58.9 Å². The molecule has 1 aliphatic rings. The largest absolute Gasteiger partial charge is 0.456 e.